The molecule has 0 N–H and O–H groups in total. The van der Waals surface area contributed by atoms with Gasteiger partial charge in [-0.2, -0.15) is 0 Å². The maximum Gasteiger partial charge on any atom is 0.285 e. The Morgan fingerprint density at radius 1 is 1.08 bits per heavy atom. The molecule has 0 aliphatic carbocycles. The molecule has 0 aromatic heterocycles. The Morgan fingerprint density at radius 2 is 1.83 bits per heavy atom. The smallest absolute Gasteiger partial charge is 0.285 e. The summed E-state index contributed by atoms with van der Waals surface area (Å²) in [6.45, 7) is 9.78. The molecular weight excluding hydrogens is 289 g/mol. The number of allylic oxidation sites excluding steroid dienone is 3. The van der Waals surface area contributed by atoms with Crippen LogP contribution in [0, 0.1) is 0 Å². The molecule has 0 saturated heterocycles. The van der Waals surface area contributed by atoms with Gasteiger partial charge in [0, 0.05) is 12.2 Å². The second kappa shape index (κ2) is 10.2. The van der Waals surface area contributed by atoms with Crippen LogP contribution in [0.4, 0.5) is 5.69 Å². The highest BCUT2D eigenvalue weighted by Crippen LogP contribution is 2.31. The van der Waals surface area contributed by atoms with Crippen LogP contribution in [0.15, 0.2) is 54.5 Å². The molecule has 1 aromatic carbocycles. The van der Waals surface area contributed by atoms with E-state index >= 15 is 0 Å². The Bertz CT molecular complexity index is 573. The van der Waals surface area contributed by atoms with Gasteiger partial charge in [-0.25, -0.2) is 0 Å². The summed E-state index contributed by atoms with van der Waals surface area (Å²) in [5, 5.41) is 0. The SMILES string of the molecule is C=CCN1B(C)C(/C=C/CCCCCCCC)=Cc2ccccc21. The van der Waals surface area contributed by atoms with Gasteiger partial charge in [0.25, 0.3) is 6.85 Å². The maximum atomic E-state index is 3.93. The van der Waals surface area contributed by atoms with Crippen LogP contribution < -0.4 is 4.81 Å². The summed E-state index contributed by atoms with van der Waals surface area (Å²) in [6, 6.07) is 8.66. The first-order chi connectivity index (χ1) is 11.8. The van der Waals surface area contributed by atoms with Gasteiger partial charge in [0.2, 0.25) is 0 Å². The maximum absolute atomic E-state index is 3.93. The molecule has 128 valence electrons. The van der Waals surface area contributed by atoms with Crippen molar-refractivity contribution in [1.82, 2.24) is 0 Å². The molecule has 0 unspecified atom stereocenters. The summed E-state index contributed by atoms with van der Waals surface area (Å²) < 4.78 is 0. The molecule has 0 bridgehead atoms. The molecule has 1 heterocycles. The van der Waals surface area contributed by atoms with Gasteiger partial charge in [0.15, 0.2) is 0 Å². The van der Waals surface area contributed by atoms with Crippen LogP contribution in [0.1, 0.15) is 57.4 Å². The van der Waals surface area contributed by atoms with Crippen LogP contribution in [0.25, 0.3) is 6.08 Å². The lowest BCUT2D eigenvalue weighted by atomic mass is 9.53. The molecule has 1 aliphatic rings. The summed E-state index contributed by atoms with van der Waals surface area (Å²) in [5.41, 5.74) is 4.04. The molecule has 2 heteroatoms. The van der Waals surface area contributed by atoms with Crippen molar-refractivity contribution in [2.24, 2.45) is 0 Å². The number of unbranched alkanes of at least 4 members (excludes halogenated alkanes) is 6. The van der Waals surface area contributed by atoms with E-state index in [1.54, 1.807) is 0 Å². The molecule has 0 amide bonds. The first-order valence-electron chi connectivity index (χ1n) is 9.62. The minimum absolute atomic E-state index is 0.402. The van der Waals surface area contributed by atoms with E-state index in [2.05, 4.69) is 67.6 Å². The van der Waals surface area contributed by atoms with Gasteiger partial charge in [-0.3, -0.25) is 0 Å². The normalized spacial score (nSPS) is 14.0. The van der Waals surface area contributed by atoms with Crippen LogP contribution in [-0.4, -0.2) is 13.4 Å². The summed E-state index contributed by atoms with van der Waals surface area (Å²) in [5.74, 6) is 0. The fourth-order valence-corrected chi connectivity index (χ4v) is 3.40. The fourth-order valence-electron chi connectivity index (χ4n) is 3.40. The summed E-state index contributed by atoms with van der Waals surface area (Å²) in [4.78, 5) is 2.44. The molecule has 0 saturated carbocycles. The molecule has 2 rings (SSSR count). The third-order valence-electron chi connectivity index (χ3n) is 4.88. The monoisotopic (exact) mass is 321 g/mol. The molecule has 1 aliphatic heterocycles. The van der Waals surface area contributed by atoms with Crippen LogP contribution in [-0.2, 0) is 0 Å². The van der Waals surface area contributed by atoms with Gasteiger partial charge in [0.05, 0.1) is 0 Å². The van der Waals surface area contributed by atoms with Crippen LogP contribution >= 0.6 is 0 Å². The summed E-state index contributed by atoms with van der Waals surface area (Å²) in [6.07, 6.45) is 18.4. The van der Waals surface area contributed by atoms with Gasteiger partial charge < -0.3 is 4.81 Å². The van der Waals surface area contributed by atoms with E-state index < -0.39 is 0 Å². The van der Waals surface area contributed by atoms with Crippen molar-refractivity contribution in [2.75, 3.05) is 11.4 Å². The zero-order valence-electron chi connectivity index (χ0n) is 15.5. The Hall–Kier alpha value is -1.70. The predicted molar refractivity (Wildman–Crippen MR) is 111 cm³/mol. The van der Waals surface area contributed by atoms with Crippen molar-refractivity contribution in [1.29, 1.82) is 0 Å². The highest BCUT2D eigenvalue weighted by molar-refractivity contribution is 6.71. The highest BCUT2D eigenvalue weighted by Gasteiger charge is 2.26. The molecule has 0 atom stereocenters. The molecule has 1 nitrogen and oxygen atoms in total. The molecular formula is C22H32BN. The number of rotatable bonds is 10. The van der Waals surface area contributed by atoms with Crippen molar-refractivity contribution in [3.05, 3.63) is 60.1 Å². The van der Waals surface area contributed by atoms with E-state index in [1.807, 2.05) is 6.08 Å². The van der Waals surface area contributed by atoms with Gasteiger partial charge >= 0.3 is 0 Å². The molecule has 0 spiro atoms. The van der Waals surface area contributed by atoms with Crippen molar-refractivity contribution in [3.8, 4) is 0 Å². The summed E-state index contributed by atoms with van der Waals surface area (Å²) >= 11 is 0. The standard InChI is InChI=1S/C22H32BN/c1-4-6-7-8-9-10-11-12-16-21-19-20-15-13-14-17-22(20)24(18-5-2)23(21)3/h5,12-17,19H,2,4,6-11,18H2,1,3H3/b16-12+. The van der Waals surface area contributed by atoms with Gasteiger partial charge in [-0.1, -0.05) is 93.8 Å². The zero-order valence-corrected chi connectivity index (χ0v) is 15.5. The number of anilines is 1. The van der Waals surface area contributed by atoms with Gasteiger partial charge in [-0.15, -0.1) is 6.58 Å². The van der Waals surface area contributed by atoms with Crippen molar-refractivity contribution < 1.29 is 0 Å². The van der Waals surface area contributed by atoms with Crippen molar-refractivity contribution in [2.45, 2.75) is 58.7 Å². The van der Waals surface area contributed by atoms with E-state index in [9.17, 15) is 0 Å². The number of benzene rings is 1. The molecule has 1 aromatic rings. The number of hydrogen-bond acceptors (Lipinski definition) is 1. The number of nitrogens with zero attached hydrogens (tertiary/aromatic N) is 1. The molecule has 24 heavy (non-hydrogen) atoms. The predicted octanol–water partition coefficient (Wildman–Crippen LogP) is 6.54. The first kappa shape index (κ1) is 18.6. The van der Waals surface area contributed by atoms with Crippen molar-refractivity contribution >= 4 is 18.6 Å². The summed E-state index contributed by atoms with van der Waals surface area (Å²) in [7, 11) is 0. The zero-order chi connectivity index (χ0) is 17.2. The minimum Gasteiger partial charge on any atom is -0.407 e. The van der Waals surface area contributed by atoms with Crippen LogP contribution in [0.3, 0.4) is 0 Å². The van der Waals surface area contributed by atoms with Crippen LogP contribution in [0.2, 0.25) is 6.82 Å². The quantitative estimate of drug-likeness (QED) is 0.268. The molecule has 0 radical (unpaired) electrons. The average molecular weight is 321 g/mol. The van der Waals surface area contributed by atoms with E-state index in [0.29, 0.717) is 6.85 Å². The lowest BCUT2D eigenvalue weighted by Gasteiger charge is -2.34. The third-order valence-corrected chi connectivity index (χ3v) is 4.88. The topological polar surface area (TPSA) is 3.24 Å². The lowest BCUT2D eigenvalue weighted by Crippen LogP contribution is -2.41. The Kier molecular flexibility index (Phi) is 7.94. The Morgan fingerprint density at radius 3 is 2.62 bits per heavy atom. The minimum atomic E-state index is 0.402. The van der Waals surface area contributed by atoms with E-state index in [-0.39, 0.29) is 0 Å². The van der Waals surface area contributed by atoms with Crippen molar-refractivity contribution in [3.63, 3.8) is 0 Å². The lowest BCUT2D eigenvalue weighted by molar-refractivity contribution is 0.611. The van der Waals surface area contributed by atoms with Crippen LogP contribution in [0.5, 0.6) is 0 Å². The van der Waals surface area contributed by atoms with Gasteiger partial charge in [0.1, 0.15) is 0 Å². The molecule has 0 fully saturated rings. The number of fused-ring (bicyclic) bond motifs is 1. The largest absolute Gasteiger partial charge is 0.407 e. The average Bonchev–Trinajstić information content (AvgIpc) is 2.60. The second-order valence-corrected chi connectivity index (χ2v) is 6.78. The second-order valence-electron chi connectivity index (χ2n) is 6.78. The number of hydrogen-bond donors (Lipinski definition) is 0. The highest BCUT2D eigenvalue weighted by atomic mass is 15.1. The third kappa shape index (κ3) is 5.16. The van der Waals surface area contributed by atoms with Gasteiger partial charge in [-0.05, 0) is 24.5 Å². The number of para-hydroxylation sites is 1. The Balaban J connectivity index is 1.93. The first-order valence-corrected chi connectivity index (χ1v) is 9.62. The van der Waals surface area contributed by atoms with E-state index in [4.69, 9.17) is 0 Å². The Labute approximate surface area is 149 Å². The van der Waals surface area contributed by atoms with E-state index in [0.717, 1.165) is 6.54 Å². The fraction of sp³-hybridized carbons (Fsp3) is 0.455. The van der Waals surface area contributed by atoms with E-state index in [1.165, 1.54) is 61.7 Å².